The Bertz CT molecular complexity index is 613. The third kappa shape index (κ3) is 3.50. The Morgan fingerprint density at radius 1 is 1.24 bits per heavy atom. The van der Waals surface area contributed by atoms with E-state index in [-0.39, 0.29) is 10.1 Å². The van der Waals surface area contributed by atoms with Crippen LogP contribution in [-0.4, -0.2) is 21.3 Å². The molecule has 17 heavy (non-hydrogen) atoms. The topological polar surface area (TPSA) is 47.0 Å². The molecule has 3 nitrogen and oxygen atoms in total. The van der Waals surface area contributed by atoms with Gasteiger partial charge >= 0.3 is 0 Å². The van der Waals surface area contributed by atoms with E-state index in [9.17, 15) is 8.42 Å². The fraction of sp³-hybridized carbons (Fsp3) is 0.222. The highest BCUT2D eigenvalue weighted by molar-refractivity contribution is 9.39. The minimum absolute atomic E-state index is 0.125. The Hall–Kier alpha value is 0.500. The lowest BCUT2D eigenvalue weighted by Crippen LogP contribution is -2.18. The first-order valence-corrected chi connectivity index (χ1v) is 9.28. The number of hydrogen-bond acceptors (Lipinski definition) is 4. The first-order valence-electron chi connectivity index (χ1n) is 4.43. The van der Waals surface area contributed by atoms with Crippen molar-refractivity contribution in [3.05, 3.63) is 24.3 Å². The van der Waals surface area contributed by atoms with E-state index >= 15 is 0 Å². The smallest absolute Gasteiger partial charge is 0.210 e. The summed E-state index contributed by atoms with van der Waals surface area (Å²) >= 11 is 10.7. The van der Waals surface area contributed by atoms with Crippen molar-refractivity contribution < 1.29 is 8.42 Å². The largest absolute Gasteiger partial charge is 0.225 e. The van der Waals surface area contributed by atoms with Crippen LogP contribution in [0, 0.1) is 0 Å². The van der Waals surface area contributed by atoms with Crippen molar-refractivity contribution >= 4 is 79.2 Å². The average Bonchev–Trinajstić information content (AvgIpc) is 2.57. The van der Waals surface area contributed by atoms with Gasteiger partial charge in [-0.2, -0.15) is 0 Å². The molecule has 0 saturated carbocycles. The van der Waals surface area contributed by atoms with E-state index in [2.05, 4.69) is 52.8 Å². The zero-order chi connectivity index (χ0) is 12.7. The summed E-state index contributed by atoms with van der Waals surface area (Å²) in [5.41, 5.74) is 0.709. The molecule has 2 rings (SSSR count). The van der Waals surface area contributed by atoms with E-state index in [1.807, 2.05) is 18.2 Å². The van der Waals surface area contributed by atoms with Gasteiger partial charge in [-0.15, -0.1) is 11.3 Å². The number of hydrogen-bond donors (Lipinski definition) is 0. The van der Waals surface area contributed by atoms with Gasteiger partial charge in [-0.25, -0.2) is 13.4 Å². The first-order chi connectivity index (χ1) is 7.78. The Morgan fingerprint density at radius 3 is 2.47 bits per heavy atom. The van der Waals surface area contributed by atoms with Crippen molar-refractivity contribution in [3.63, 3.8) is 0 Å². The molecule has 0 atom stereocenters. The third-order valence-corrected chi connectivity index (χ3v) is 7.13. The van der Waals surface area contributed by atoms with Crippen molar-refractivity contribution in [3.8, 4) is 0 Å². The van der Waals surface area contributed by atoms with Crippen LogP contribution in [0.25, 0.3) is 10.2 Å². The fourth-order valence-corrected chi connectivity index (χ4v) is 6.42. The SMILES string of the molecule is O=S(=O)(CC(Br)(Br)Br)c1nc2ccccc2s1. The van der Waals surface area contributed by atoms with Crippen LogP contribution in [0.2, 0.25) is 0 Å². The Labute approximate surface area is 128 Å². The van der Waals surface area contributed by atoms with Crippen LogP contribution in [0.4, 0.5) is 0 Å². The fourth-order valence-electron chi connectivity index (χ4n) is 1.26. The molecule has 0 aliphatic rings. The van der Waals surface area contributed by atoms with Crippen LogP contribution in [0.15, 0.2) is 28.6 Å². The predicted octanol–water partition coefficient (Wildman–Crippen LogP) is 3.91. The number of fused-ring (bicyclic) bond motifs is 1. The molecule has 0 N–H and O–H groups in total. The van der Waals surface area contributed by atoms with Crippen LogP contribution in [0.3, 0.4) is 0 Å². The minimum Gasteiger partial charge on any atom is -0.225 e. The summed E-state index contributed by atoms with van der Waals surface area (Å²) in [6.07, 6.45) is 0. The summed E-state index contributed by atoms with van der Waals surface area (Å²) in [5, 5.41) is 0. The monoisotopic (exact) mass is 461 g/mol. The van der Waals surface area contributed by atoms with Gasteiger partial charge < -0.3 is 0 Å². The number of aromatic nitrogens is 1. The molecule has 0 radical (unpaired) electrons. The maximum Gasteiger partial charge on any atom is 0.210 e. The molecule has 1 heterocycles. The highest BCUT2D eigenvalue weighted by atomic mass is 80.0. The number of thiazole rings is 1. The maximum absolute atomic E-state index is 12.1. The zero-order valence-electron chi connectivity index (χ0n) is 8.23. The van der Waals surface area contributed by atoms with Crippen LogP contribution in [0.1, 0.15) is 0 Å². The molecular weight excluding hydrogens is 458 g/mol. The van der Waals surface area contributed by atoms with Crippen molar-refractivity contribution in [2.45, 2.75) is 6.48 Å². The molecule has 0 bridgehead atoms. The van der Waals surface area contributed by atoms with Gasteiger partial charge in [0, 0.05) is 0 Å². The van der Waals surface area contributed by atoms with Crippen molar-refractivity contribution in [2.75, 3.05) is 5.75 Å². The van der Waals surface area contributed by atoms with E-state index in [1.165, 1.54) is 11.3 Å². The molecule has 0 aliphatic carbocycles. The molecule has 0 spiro atoms. The number of halogens is 3. The van der Waals surface area contributed by atoms with E-state index < -0.39 is 12.0 Å². The van der Waals surface area contributed by atoms with Crippen LogP contribution in [-0.2, 0) is 9.84 Å². The van der Waals surface area contributed by atoms with E-state index in [4.69, 9.17) is 0 Å². The lowest BCUT2D eigenvalue weighted by atomic mass is 10.3. The average molecular weight is 464 g/mol. The Balaban J connectivity index is 2.46. The second kappa shape index (κ2) is 4.88. The first kappa shape index (κ1) is 13.9. The number of benzene rings is 1. The van der Waals surface area contributed by atoms with Gasteiger partial charge in [-0.05, 0) is 12.1 Å². The molecule has 0 unspecified atom stereocenters. The molecule has 1 aromatic heterocycles. The maximum atomic E-state index is 12.1. The number of sulfone groups is 1. The van der Waals surface area contributed by atoms with Crippen LogP contribution >= 0.6 is 59.1 Å². The molecule has 0 fully saturated rings. The third-order valence-electron chi connectivity index (χ3n) is 1.89. The number of alkyl halides is 3. The molecule has 2 aromatic rings. The van der Waals surface area contributed by atoms with E-state index in [0.717, 1.165) is 4.70 Å². The quantitative estimate of drug-likeness (QED) is 0.634. The van der Waals surface area contributed by atoms with Crippen LogP contribution < -0.4 is 0 Å². The Morgan fingerprint density at radius 2 is 1.88 bits per heavy atom. The van der Waals surface area contributed by atoms with Gasteiger partial charge in [0.15, 0.2) is 0 Å². The minimum atomic E-state index is -3.41. The van der Waals surface area contributed by atoms with Crippen molar-refractivity contribution in [1.82, 2.24) is 4.98 Å². The van der Waals surface area contributed by atoms with Gasteiger partial charge in [0.1, 0.15) is 2.14 Å². The van der Waals surface area contributed by atoms with Crippen LogP contribution in [0.5, 0.6) is 0 Å². The van der Waals surface area contributed by atoms with E-state index in [0.29, 0.717) is 5.52 Å². The molecule has 0 aliphatic heterocycles. The summed E-state index contributed by atoms with van der Waals surface area (Å²) < 4.78 is 24.3. The van der Waals surface area contributed by atoms with E-state index in [1.54, 1.807) is 6.07 Å². The summed E-state index contributed by atoms with van der Waals surface area (Å²) in [7, 11) is -3.41. The lowest BCUT2D eigenvalue weighted by molar-refractivity contribution is 0.596. The number of nitrogens with zero attached hydrogens (tertiary/aromatic N) is 1. The van der Waals surface area contributed by atoms with Gasteiger partial charge in [0.05, 0.1) is 16.0 Å². The van der Waals surface area contributed by atoms with Gasteiger partial charge in [-0.1, -0.05) is 59.9 Å². The normalized spacial score (nSPS) is 13.1. The van der Waals surface area contributed by atoms with Gasteiger partial charge in [0.25, 0.3) is 0 Å². The Kier molecular flexibility index (Phi) is 4.00. The van der Waals surface area contributed by atoms with Gasteiger partial charge in [-0.3, -0.25) is 0 Å². The second-order valence-corrected chi connectivity index (χ2v) is 13.8. The number of rotatable bonds is 2. The molecule has 0 saturated heterocycles. The second-order valence-electron chi connectivity index (χ2n) is 3.32. The van der Waals surface area contributed by atoms with Crippen molar-refractivity contribution in [1.29, 1.82) is 0 Å². The zero-order valence-corrected chi connectivity index (χ0v) is 14.6. The summed E-state index contributed by atoms with van der Waals surface area (Å²) in [4.78, 5) is 4.14. The summed E-state index contributed by atoms with van der Waals surface area (Å²) in [6, 6.07) is 7.35. The molecular formula is C9H6Br3NO2S2. The predicted molar refractivity (Wildman–Crippen MR) is 81.2 cm³/mol. The summed E-state index contributed by atoms with van der Waals surface area (Å²) in [5.74, 6) is -0.125. The molecule has 8 heteroatoms. The molecule has 1 aromatic carbocycles. The summed E-state index contributed by atoms with van der Waals surface area (Å²) in [6.45, 7) is 0. The standard InChI is InChI=1S/C9H6Br3NO2S2/c10-9(11,12)5-17(14,15)8-13-6-3-1-2-4-7(6)16-8/h1-4H,5H2. The highest BCUT2D eigenvalue weighted by Crippen LogP contribution is 2.37. The number of para-hydroxylation sites is 1. The van der Waals surface area contributed by atoms with Gasteiger partial charge in [0.2, 0.25) is 14.2 Å². The van der Waals surface area contributed by atoms with Crippen molar-refractivity contribution in [2.24, 2.45) is 0 Å². The highest BCUT2D eigenvalue weighted by Gasteiger charge is 2.30. The molecule has 0 amide bonds. The molecule has 92 valence electrons. The lowest BCUT2D eigenvalue weighted by Gasteiger charge is -2.10.